The van der Waals surface area contributed by atoms with Crippen LogP contribution in [0.25, 0.3) is 17.1 Å². The Morgan fingerprint density at radius 1 is 1.04 bits per heavy atom. The summed E-state index contributed by atoms with van der Waals surface area (Å²) in [6.45, 7) is 1.82. The number of nitrogens with zero attached hydrogens (tertiary/aromatic N) is 1. The van der Waals surface area contributed by atoms with Gasteiger partial charge in [0.2, 0.25) is 11.7 Å². The van der Waals surface area contributed by atoms with Crippen molar-refractivity contribution in [2.24, 2.45) is 0 Å². The van der Waals surface area contributed by atoms with Crippen LogP contribution in [0.4, 0.5) is 0 Å². The standard InChI is InChI=1S/C38H43N3O9/c1-22-11-10-14-25(42)13-7-5-6-12-23-17-29(43)35(36(45)34(23)38(46)50-22)26(24-18-30(47-2)37(49-4)31(19-24)48-3)20-33(44)39-21-32-40-27-15-8-9-16-28(27)41-32/h6,8-9,12,15-19,22,26,43,45H,5,7,10-11,13-14,20-21H2,1-4H3,(H,39,44)(H,40,41)/t22-,26?/m0/s1. The molecule has 1 aliphatic heterocycles. The zero-order valence-corrected chi connectivity index (χ0v) is 28.7. The molecule has 0 radical (unpaired) electrons. The number of H-pyrrole nitrogens is 1. The van der Waals surface area contributed by atoms with Crippen LogP contribution >= 0.6 is 0 Å². The van der Waals surface area contributed by atoms with Crippen LogP contribution in [-0.2, 0) is 20.9 Å². The quantitative estimate of drug-likeness (QED) is 0.146. The molecule has 3 aromatic carbocycles. The van der Waals surface area contributed by atoms with Crippen LogP contribution in [0.15, 0.2) is 48.5 Å². The van der Waals surface area contributed by atoms with Gasteiger partial charge in [0, 0.05) is 30.7 Å². The van der Waals surface area contributed by atoms with Gasteiger partial charge in [0.1, 0.15) is 28.7 Å². The van der Waals surface area contributed by atoms with Crippen molar-refractivity contribution in [3.63, 3.8) is 0 Å². The number of ketones is 1. The van der Waals surface area contributed by atoms with Gasteiger partial charge in [-0.1, -0.05) is 24.3 Å². The summed E-state index contributed by atoms with van der Waals surface area (Å²) in [5.74, 6) is -1.47. The summed E-state index contributed by atoms with van der Waals surface area (Å²) in [7, 11) is 4.37. The molecule has 0 fully saturated rings. The number of hydrogen-bond donors (Lipinski definition) is 4. The van der Waals surface area contributed by atoms with Crippen molar-refractivity contribution in [1.82, 2.24) is 15.3 Å². The van der Waals surface area contributed by atoms with Crippen molar-refractivity contribution in [3.8, 4) is 28.7 Å². The summed E-state index contributed by atoms with van der Waals surface area (Å²) >= 11 is 0. The molecule has 1 aliphatic rings. The third-order valence-electron chi connectivity index (χ3n) is 8.77. The number of phenols is 2. The van der Waals surface area contributed by atoms with Gasteiger partial charge in [-0.15, -0.1) is 0 Å². The number of benzene rings is 3. The smallest absolute Gasteiger partial charge is 0.342 e. The molecular weight excluding hydrogens is 642 g/mol. The molecule has 5 rings (SSSR count). The molecule has 2 atom stereocenters. The number of esters is 1. The lowest BCUT2D eigenvalue weighted by Crippen LogP contribution is -2.26. The van der Waals surface area contributed by atoms with Gasteiger partial charge < -0.3 is 39.5 Å². The fourth-order valence-corrected chi connectivity index (χ4v) is 6.24. The predicted molar refractivity (Wildman–Crippen MR) is 187 cm³/mol. The minimum atomic E-state index is -1.00. The molecule has 1 amide bonds. The third kappa shape index (κ3) is 8.19. The van der Waals surface area contributed by atoms with E-state index in [9.17, 15) is 24.6 Å². The highest BCUT2D eigenvalue weighted by atomic mass is 16.5. The average Bonchev–Trinajstić information content (AvgIpc) is 3.52. The maximum absolute atomic E-state index is 13.7. The van der Waals surface area contributed by atoms with Gasteiger partial charge in [0.05, 0.1) is 45.0 Å². The number of aromatic nitrogens is 2. The molecule has 50 heavy (non-hydrogen) atoms. The number of amides is 1. The molecule has 1 unspecified atom stereocenters. The van der Waals surface area contributed by atoms with Gasteiger partial charge in [-0.2, -0.15) is 0 Å². The SMILES string of the molecule is COc1cc(C(CC(=O)NCc2nc3ccccc3[nH]2)c2c(O)cc3c(c2O)C(=O)O[C@@H](C)CCCC(=O)CCCC=C3)cc(OC)c1OC. The minimum Gasteiger partial charge on any atom is -0.507 e. The van der Waals surface area contributed by atoms with Crippen molar-refractivity contribution in [2.75, 3.05) is 21.3 Å². The van der Waals surface area contributed by atoms with Gasteiger partial charge in [-0.05, 0) is 74.1 Å². The van der Waals surface area contributed by atoms with Crippen LogP contribution in [0, 0.1) is 0 Å². The van der Waals surface area contributed by atoms with Gasteiger partial charge in [0.15, 0.2) is 11.5 Å². The van der Waals surface area contributed by atoms with Gasteiger partial charge >= 0.3 is 5.97 Å². The first-order chi connectivity index (χ1) is 24.1. The van der Waals surface area contributed by atoms with Crippen molar-refractivity contribution in [2.45, 2.75) is 70.4 Å². The average molecular weight is 686 g/mol. The molecule has 0 saturated carbocycles. The number of allylic oxidation sites excluding steroid dienone is 1. The molecule has 1 aromatic heterocycles. The van der Waals surface area contributed by atoms with E-state index < -0.39 is 29.6 Å². The van der Waals surface area contributed by atoms with Crippen molar-refractivity contribution in [1.29, 1.82) is 0 Å². The van der Waals surface area contributed by atoms with E-state index in [2.05, 4.69) is 15.3 Å². The first-order valence-electron chi connectivity index (χ1n) is 16.6. The zero-order chi connectivity index (χ0) is 35.8. The van der Waals surface area contributed by atoms with E-state index >= 15 is 0 Å². The Kier molecular flexibility index (Phi) is 11.6. The van der Waals surface area contributed by atoms with Crippen molar-refractivity contribution in [3.05, 3.63) is 76.6 Å². The molecule has 264 valence electrons. The molecule has 12 nitrogen and oxygen atoms in total. The molecule has 0 saturated heterocycles. The number of fused-ring (bicyclic) bond motifs is 2. The topological polar surface area (TPSA) is 169 Å². The number of aromatic amines is 1. The number of imidazole rings is 1. The van der Waals surface area contributed by atoms with E-state index in [0.29, 0.717) is 67.2 Å². The number of Topliss-reactive ketones (excluding diaryl/α,β-unsaturated/α-hetero) is 1. The molecule has 12 heteroatoms. The number of hydrogen-bond acceptors (Lipinski definition) is 10. The van der Waals surface area contributed by atoms with E-state index in [1.807, 2.05) is 24.3 Å². The number of para-hydroxylation sites is 2. The van der Waals surface area contributed by atoms with Crippen LogP contribution in [0.3, 0.4) is 0 Å². The van der Waals surface area contributed by atoms with Crippen molar-refractivity contribution >= 4 is 34.8 Å². The molecule has 0 bridgehead atoms. The molecule has 4 N–H and O–H groups in total. The van der Waals surface area contributed by atoms with Crippen LogP contribution in [-0.4, -0.2) is 65.3 Å². The van der Waals surface area contributed by atoms with Crippen molar-refractivity contribution < 1.29 is 43.5 Å². The molecule has 2 heterocycles. The largest absolute Gasteiger partial charge is 0.507 e. The maximum atomic E-state index is 13.7. The second-order valence-electron chi connectivity index (χ2n) is 12.3. The Morgan fingerprint density at radius 2 is 1.76 bits per heavy atom. The Morgan fingerprint density at radius 3 is 2.46 bits per heavy atom. The molecule has 0 spiro atoms. The predicted octanol–water partition coefficient (Wildman–Crippen LogP) is 6.32. The number of rotatable bonds is 9. The number of carbonyl (C=O) groups excluding carboxylic acids is 3. The second kappa shape index (κ2) is 16.3. The molecular formula is C38H43N3O9. The molecule has 4 aromatic rings. The lowest BCUT2D eigenvalue weighted by molar-refractivity contribution is -0.121. The summed E-state index contributed by atoms with van der Waals surface area (Å²) in [6.07, 6.45) is 5.67. The first-order valence-corrected chi connectivity index (χ1v) is 16.6. The number of phenolic OH excluding ortho intramolecular Hbond substituents is 2. The second-order valence-corrected chi connectivity index (χ2v) is 12.3. The highest BCUT2D eigenvalue weighted by Gasteiger charge is 2.32. The Bertz CT molecular complexity index is 1840. The number of cyclic esters (lactones) is 1. The summed E-state index contributed by atoms with van der Waals surface area (Å²) in [5, 5.41) is 26.4. The van der Waals surface area contributed by atoms with Crippen LogP contribution < -0.4 is 19.5 Å². The summed E-state index contributed by atoms with van der Waals surface area (Å²) < 4.78 is 22.4. The first kappa shape index (κ1) is 35.8. The van der Waals surface area contributed by atoms with Gasteiger partial charge in [-0.3, -0.25) is 9.59 Å². The Balaban J connectivity index is 1.58. The lowest BCUT2D eigenvalue weighted by Gasteiger charge is -2.24. The lowest BCUT2D eigenvalue weighted by atomic mass is 9.84. The fraction of sp³-hybridized carbons (Fsp3) is 0.368. The third-order valence-corrected chi connectivity index (χ3v) is 8.77. The van der Waals surface area contributed by atoms with E-state index in [-0.39, 0.29) is 41.2 Å². The van der Waals surface area contributed by atoms with Crippen LogP contribution in [0.1, 0.15) is 90.7 Å². The van der Waals surface area contributed by atoms with Gasteiger partial charge in [-0.25, -0.2) is 9.78 Å². The van der Waals surface area contributed by atoms with Crippen LogP contribution in [0.2, 0.25) is 0 Å². The minimum absolute atomic E-state index is 0.0540. The highest BCUT2D eigenvalue weighted by Crippen LogP contribution is 2.47. The van der Waals surface area contributed by atoms with Crippen LogP contribution in [0.5, 0.6) is 28.7 Å². The number of ether oxygens (including phenoxy) is 4. The van der Waals surface area contributed by atoms with Gasteiger partial charge in [0.25, 0.3) is 0 Å². The maximum Gasteiger partial charge on any atom is 0.342 e. The number of nitrogens with one attached hydrogen (secondary N) is 2. The summed E-state index contributed by atoms with van der Waals surface area (Å²) in [4.78, 5) is 47.3. The van der Waals surface area contributed by atoms with E-state index in [0.717, 1.165) is 11.0 Å². The van der Waals surface area contributed by atoms with E-state index in [4.69, 9.17) is 18.9 Å². The summed E-state index contributed by atoms with van der Waals surface area (Å²) in [6, 6.07) is 12.1. The number of methoxy groups -OCH3 is 3. The van der Waals surface area contributed by atoms with E-state index in [1.54, 1.807) is 31.2 Å². The summed E-state index contributed by atoms with van der Waals surface area (Å²) in [5.41, 5.74) is 2.07. The van der Waals surface area contributed by atoms with E-state index in [1.165, 1.54) is 27.4 Å². The highest BCUT2D eigenvalue weighted by molar-refractivity contribution is 5.98. The molecule has 0 aliphatic carbocycles. The Hall–Kier alpha value is -5.52. The normalized spacial score (nSPS) is 16.2. The monoisotopic (exact) mass is 685 g/mol. The zero-order valence-electron chi connectivity index (χ0n) is 28.7. The Labute approximate surface area is 290 Å². The number of aromatic hydroxyl groups is 2. The number of carbonyl (C=O) groups is 3. The fourth-order valence-electron chi connectivity index (χ4n) is 6.24.